The van der Waals surface area contributed by atoms with Crippen molar-refractivity contribution in [2.24, 2.45) is 0 Å². The number of rotatable bonds is 5. The van der Waals surface area contributed by atoms with Crippen molar-refractivity contribution in [1.29, 1.82) is 0 Å². The zero-order valence-electron chi connectivity index (χ0n) is 11.0. The summed E-state index contributed by atoms with van der Waals surface area (Å²) in [4.78, 5) is 10.2. The van der Waals surface area contributed by atoms with Gasteiger partial charge in [-0.2, -0.15) is 0 Å². The number of hydrogen-bond donors (Lipinski definition) is 2. The van der Waals surface area contributed by atoms with Gasteiger partial charge in [-0.15, -0.1) is 0 Å². The van der Waals surface area contributed by atoms with Gasteiger partial charge in [0.15, 0.2) is 0 Å². The lowest BCUT2D eigenvalue weighted by Crippen LogP contribution is -2.02. The lowest BCUT2D eigenvalue weighted by molar-refractivity contribution is -0.137. The van der Waals surface area contributed by atoms with Crippen molar-refractivity contribution in [3.8, 4) is 5.75 Å². The summed E-state index contributed by atoms with van der Waals surface area (Å²) in [5.41, 5.74) is 0.956. The minimum atomic E-state index is -0.800. The summed E-state index contributed by atoms with van der Waals surface area (Å²) in [6, 6.07) is 5.35. The predicted molar refractivity (Wildman–Crippen MR) is 73.5 cm³/mol. The van der Waals surface area contributed by atoms with Gasteiger partial charge in [-0.1, -0.05) is 11.6 Å². The number of ether oxygens (including phenoxy) is 1. The van der Waals surface area contributed by atoms with Crippen LogP contribution >= 0.6 is 11.6 Å². The van der Waals surface area contributed by atoms with Gasteiger partial charge in [-0.05, 0) is 51.2 Å². The van der Waals surface area contributed by atoms with Crippen molar-refractivity contribution < 1.29 is 14.6 Å². The number of benzene rings is 1. The molecular weight excluding hydrogens is 254 g/mol. The third-order valence-corrected chi connectivity index (χ3v) is 2.16. The van der Waals surface area contributed by atoms with E-state index < -0.39 is 5.97 Å². The summed E-state index contributed by atoms with van der Waals surface area (Å²) in [6.45, 7) is 2.31. The number of halogens is 1. The van der Waals surface area contributed by atoms with E-state index in [0.717, 1.165) is 11.3 Å². The molecule has 1 rings (SSSR count). The molecule has 0 fully saturated rings. The molecule has 0 amide bonds. The fourth-order valence-electron chi connectivity index (χ4n) is 1.18. The number of carboxylic acids is 1. The van der Waals surface area contributed by atoms with Crippen LogP contribution in [0, 0.1) is 6.92 Å². The molecule has 1 aromatic rings. The van der Waals surface area contributed by atoms with Crippen LogP contribution in [-0.2, 0) is 4.79 Å². The molecule has 0 aliphatic heterocycles. The number of nitrogens with one attached hydrogen (secondary N) is 1. The molecule has 0 radical (unpaired) electrons. The van der Waals surface area contributed by atoms with E-state index in [2.05, 4.69) is 5.32 Å². The molecule has 0 bridgehead atoms. The Balaban J connectivity index is 0.000000873. The fourth-order valence-corrected chi connectivity index (χ4v) is 1.41. The first-order valence-corrected chi connectivity index (χ1v) is 6.08. The van der Waals surface area contributed by atoms with Crippen LogP contribution < -0.4 is 10.1 Å². The molecule has 102 valence electrons. The molecular formula is C13H20ClNO3. The Labute approximate surface area is 113 Å². The molecule has 1 aromatic carbocycles. The molecule has 0 saturated carbocycles. The number of carbonyl (C=O) groups is 1. The lowest BCUT2D eigenvalue weighted by Gasteiger charge is -2.08. The molecule has 0 spiro atoms. The molecule has 0 aliphatic rings. The maximum absolute atomic E-state index is 10.2. The number of aryl methyl sites for hydroxylation is 1. The third kappa shape index (κ3) is 7.92. The molecule has 0 saturated heterocycles. The van der Waals surface area contributed by atoms with Crippen LogP contribution in [0.3, 0.4) is 0 Å². The SMILES string of the molecule is CNC.Cc1cc(Cl)ccc1OCCCC(=O)O. The zero-order valence-corrected chi connectivity index (χ0v) is 11.8. The van der Waals surface area contributed by atoms with Crippen molar-refractivity contribution in [2.75, 3.05) is 20.7 Å². The van der Waals surface area contributed by atoms with Crippen LogP contribution in [0.25, 0.3) is 0 Å². The molecule has 18 heavy (non-hydrogen) atoms. The lowest BCUT2D eigenvalue weighted by atomic mass is 10.2. The molecule has 0 unspecified atom stereocenters. The van der Waals surface area contributed by atoms with Crippen molar-refractivity contribution in [3.05, 3.63) is 28.8 Å². The van der Waals surface area contributed by atoms with Crippen LogP contribution in [0.2, 0.25) is 5.02 Å². The van der Waals surface area contributed by atoms with Crippen molar-refractivity contribution in [3.63, 3.8) is 0 Å². The molecule has 0 atom stereocenters. The van der Waals surface area contributed by atoms with Crippen LogP contribution in [0.5, 0.6) is 5.75 Å². The number of aliphatic carboxylic acids is 1. The normalized spacial score (nSPS) is 9.33. The fraction of sp³-hybridized carbons (Fsp3) is 0.462. The summed E-state index contributed by atoms with van der Waals surface area (Å²) in [5.74, 6) is -0.0452. The minimum absolute atomic E-state index is 0.132. The van der Waals surface area contributed by atoms with E-state index in [1.54, 1.807) is 12.1 Å². The number of carboxylic acid groups (broad SMARTS) is 1. The Hall–Kier alpha value is -1.26. The minimum Gasteiger partial charge on any atom is -0.493 e. The highest BCUT2D eigenvalue weighted by molar-refractivity contribution is 6.30. The average Bonchev–Trinajstić information content (AvgIpc) is 2.27. The topological polar surface area (TPSA) is 58.6 Å². The van der Waals surface area contributed by atoms with E-state index in [9.17, 15) is 4.79 Å². The first kappa shape index (κ1) is 16.7. The summed E-state index contributed by atoms with van der Waals surface area (Å²) in [7, 11) is 3.75. The van der Waals surface area contributed by atoms with Crippen LogP contribution in [0.4, 0.5) is 0 Å². The van der Waals surface area contributed by atoms with Gasteiger partial charge in [-0.25, -0.2) is 0 Å². The van der Waals surface area contributed by atoms with E-state index in [0.29, 0.717) is 18.1 Å². The van der Waals surface area contributed by atoms with E-state index >= 15 is 0 Å². The number of hydrogen-bond acceptors (Lipinski definition) is 3. The Kier molecular flexibility index (Phi) is 9.06. The highest BCUT2D eigenvalue weighted by Crippen LogP contribution is 2.21. The second-order valence-electron chi connectivity index (χ2n) is 3.76. The van der Waals surface area contributed by atoms with E-state index in [1.807, 2.05) is 27.1 Å². The van der Waals surface area contributed by atoms with Gasteiger partial charge in [0.1, 0.15) is 5.75 Å². The van der Waals surface area contributed by atoms with Gasteiger partial charge in [-0.3, -0.25) is 4.79 Å². The average molecular weight is 274 g/mol. The molecule has 2 N–H and O–H groups in total. The van der Waals surface area contributed by atoms with E-state index in [-0.39, 0.29) is 6.42 Å². The second kappa shape index (κ2) is 9.74. The molecule has 0 aromatic heterocycles. The summed E-state index contributed by atoms with van der Waals surface area (Å²) in [5, 5.41) is 11.9. The van der Waals surface area contributed by atoms with Gasteiger partial charge < -0.3 is 15.2 Å². The Bertz CT molecular complexity index is 369. The smallest absolute Gasteiger partial charge is 0.303 e. The third-order valence-electron chi connectivity index (χ3n) is 1.93. The molecule has 5 heteroatoms. The maximum Gasteiger partial charge on any atom is 0.303 e. The molecule has 4 nitrogen and oxygen atoms in total. The largest absolute Gasteiger partial charge is 0.493 e. The first-order valence-electron chi connectivity index (χ1n) is 5.70. The summed E-state index contributed by atoms with van der Waals surface area (Å²) >= 11 is 5.79. The standard InChI is InChI=1S/C11H13ClO3.C2H7N/c1-8-7-9(12)4-5-10(8)15-6-2-3-11(13)14;1-3-2/h4-5,7H,2-3,6H2,1H3,(H,13,14);3H,1-2H3. The predicted octanol–water partition coefficient (Wildman–Crippen LogP) is 2.73. The van der Waals surface area contributed by atoms with Crippen LogP contribution in [0.15, 0.2) is 18.2 Å². The van der Waals surface area contributed by atoms with Crippen molar-refractivity contribution >= 4 is 17.6 Å². The Morgan fingerprint density at radius 1 is 1.44 bits per heavy atom. The summed E-state index contributed by atoms with van der Waals surface area (Å²) < 4.78 is 5.42. The van der Waals surface area contributed by atoms with Gasteiger partial charge >= 0.3 is 5.97 Å². The first-order chi connectivity index (χ1) is 8.51. The maximum atomic E-state index is 10.2. The summed E-state index contributed by atoms with van der Waals surface area (Å²) in [6.07, 6.45) is 0.643. The molecule has 0 aliphatic carbocycles. The van der Waals surface area contributed by atoms with E-state index in [4.69, 9.17) is 21.4 Å². The van der Waals surface area contributed by atoms with Gasteiger partial charge in [0, 0.05) is 11.4 Å². The Morgan fingerprint density at radius 3 is 2.56 bits per heavy atom. The second-order valence-corrected chi connectivity index (χ2v) is 4.19. The monoisotopic (exact) mass is 273 g/mol. The van der Waals surface area contributed by atoms with Crippen LogP contribution in [-0.4, -0.2) is 31.8 Å². The highest BCUT2D eigenvalue weighted by Gasteiger charge is 2.01. The van der Waals surface area contributed by atoms with Gasteiger partial charge in [0.2, 0.25) is 0 Å². The highest BCUT2D eigenvalue weighted by atomic mass is 35.5. The van der Waals surface area contributed by atoms with Crippen molar-refractivity contribution in [1.82, 2.24) is 5.32 Å². The van der Waals surface area contributed by atoms with Gasteiger partial charge in [0.25, 0.3) is 0 Å². The van der Waals surface area contributed by atoms with Crippen molar-refractivity contribution in [2.45, 2.75) is 19.8 Å². The quantitative estimate of drug-likeness (QED) is 0.810. The van der Waals surface area contributed by atoms with Gasteiger partial charge in [0.05, 0.1) is 6.61 Å². The van der Waals surface area contributed by atoms with E-state index in [1.165, 1.54) is 0 Å². The Morgan fingerprint density at radius 2 is 2.06 bits per heavy atom. The van der Waals surface area contributed by atoms with Crippen LogP contribution in [0.1, 0.15) is 18.4 Å². The molecule has 0 heterocycles. The zero-order chi connectivity index (χ0) is 14.0.